The molecule has 1 heterocycles. The number of nitrogens with zero attached hydrogens (tertiary/aromatic N) is 2. The van der Waals surface area contributed by atoms with Crippen molar-refractivity contribution in [2.24, 2.45) is 5.73 Å². The summed E-state index contributed by atoms with van der Waals surface area (Å²) in [4.78, 5) is 16.9. The fourth-order valence-electron chi connectivity index (χ4n) is 3.06. The van der Waals surface area contributed by atoms with E-state index in [9.17, 15) is 4.79 Å². The van der Waals surface area contributed by atoms with E-state index in [4.69, 9.17) is 18.0 Å². The third-order valence-electron chi connectivity index (χ3n) is 4.53. The Labute approximate surface area is 165 Å². The molecule has 2 aromatic rings. The fourth-order valence-corrected chi connectivity index (χ4v) is 3.17. The van der Waals surface area contributed by atoms with E-state index in [0.717, 1.165) is 38.4 Å². The lowest BCUT2D eigenvalue weighted by atomic mass is 10.1. The van der Waals surface area contributed by atoms with Crippen molar-refractivity contribution >= 4 is 35.0 Å². The van der Waals surface area contributed by atoms with Gasteiger partial charge in [0.15, 0.2) is 5.11 Å². The molecule has 0 saturated carbocycles. The highest BCUT2D eigenvalue weighted by molar-refractivity contribution is 7.80. The van der Waals surface area contributed by atoms with Crippen LogP contribution in [-0.4, -0.2) is 53.5 Å². The van der Waals surface area contributed by atoms with Gasteiger partial charge in [0.1, 0.15) is 0 Å². The Balaban J connectivity index is 1.47. The quantitative estimate of drug-likeness (QED) is 0.781. The molecule has 0 atom stereocenters. The number of hydrogen-bond acceptors (Lipinski definition) is 3. The van der Waals surface area contributed by atoms with Gasteiger partial charge in [-0.05, 0) is 42.0 Å². The first-order chi connectivity index (χ1) is 13.1. The zero-order valence-corrected chi connectivity index (χ0v) is 16.0. The van der Waals surface area contributed by atoms with Crippen LogP contribution in [0, 0.1) is 0 Å². The van der Waals surface area contributed by atoms with Gasteiger partial charge in [-0.15, -0.1) is 0 Å². The van der Waals surface area contributed by atoms with Gasteiger partial charge in [-0.25, -0.2) is 0 Å². The van der Waals surface area contributed by atoms with Crippen LogP contribution in [0.25, 0.3) is 6.08 Å². The highest BCUT2D eigenvalue weighted by Crippen LogP contribution is 2.13. The number of piperazine rings is 1. The highest BCUT2D eigenvalue weighted by Gasteiger charge is 2.21. The first kappa shape index (κ1) is 19.1. The molecule has 6 heteroatoms. The van der Waals surface area contributed by atoms with Crippen molar-refractivity contribution in [3.63, 3.8) is 0 Å². The molecule has 0 spiro atoms. The van der Waals surface area contributed by atoms with Gasteiger partial charge in [-0.3, -0.25) is 9.69 Å². The summed E-state index contributed by atoms with van der Waals surface area (Å²) in [5.74, 6) is 0.0661. The lowest BCUT2D eigenvalue weighted by Crippen LogP contribution is -2.48. The molecule has 0 bridgehead atoms. The topological polar surface area (TPSA) is 61.6 Å². The van der Waals surface area contributed by atoms with E-state index in [2.05, 4.69) is 34.5 Å². The van der Waals surface area contributed by atoms with E-state index in [1.54, 1.807) is 12.1 Å². The summed E-state index contributed by atoms with van der Waals surface area (Å²) in [5.41, 5.74) is 8.13. The molecule has 0 aromatic heterocycles. The lowest BCUT2D eigenvalue weighted by Gasteiger charge is -2.34. The van der Waals surface area contributed by atoms with Crippen molar-refractivity contribution in [3.8, 4) is 0 Å². The molecule has 0 unspecified atom stereocenters. The standard InChI is InChI=1S/C21H24N4OS/c22-21(27)23-19-10-8-18(9-11-19)20(26)25-15-13-24(14-16-25)12-4-7-17-5-2-1-3-6-17/h1-11H,12-16H2,(H3,22,23,27). The molecule has 0 aliphatic carbocycles. The van der Waals surface area contributed by atoms with Gasteiger partial charge in [0.2, 0.25) is 0 Å². The maximum absolute atomic E-state index is 12.7. The van der Waals surface area contributed by atoms with Crippen molar-refractivity contribution in [1.82, 2.24) is 9.80 Å². The summed E-state index contributed by atoms with van der Waals surface area (Å²) < 4.78 is 0. The molecular formula is C21H24N4OS. The predicted octanol–water partition coefficient (Wildman–Crippen LogP) is 2.81. The Morgan fingerprint density at radius 2 is 1.70 bits per heavy atom. The lowest BCUT2D eigenvalue weighted by molar-refractivity contribution is 0.0650. The van der Waals surface area contributed by atoms with Gasteiger partial charge in [-0.2, -0.15) is 0 Å². The summed E-state index contributed by atoms with van der Waals surface area (Å²) in [6.07, 6.45) is 4.32. The third-order valence-corrected chi connectivity index (χ3v) is 4.63. The largest absolute Gasteiger partial charge is 0.376 e. The number of nitrogens with one attached hydrogen (secondary N) is 1. The van der Waals surface area contributed by atoms with Gasteiger partial charge in [0.25, 0.3) is 5.91 Å². The zero-order chi connectivity index (χ0) is 19.1. The summed E-state index contributed by atoms with van der Waals surface area (Å²) in [5, 5.41) is 3.07. The van der Waals surface area contributed by atoms with Crippen LogP contribution < -0.4 is 11.1 Å². The Morgan fingerprint density at radius 3 is 2.33 bits per heavy atom. The van der Waals surface area contributed by atoms with E-state index >= 15 is 0 Å². The number of benzene rings is 2. The second-order valence-corrected chi connectivity index (χ2v) is 6.91. The summed E-state index contributed by atoms with van der Waals surface area (Å²) >= 11 is 4.82. The second kappa shape index (κ2) is 9.30. The minimum absolute atomic E-state index is 0.0661. The van der Waals surface area contributed by atoms with Crippen LogP contribution in [0.5, 0.6) is 0 Å². The van der Waals surface area contributed by atoms with Crippen LogP contribution in [-0.2, 0) is 0 Å². The number of nitrogens with two attached hydrogens (primary N) is 1. The number of anilines is 1. The zero-order valence-electron chi connectivity index (χ0n) is 15.2. The number of carbonyl (C=O) groups is 1. The average molecular weight is 381 g/mol. The molecule has 27 heavy (non-hydrogen) atoms. The van der Waals surface area contributed by atoms with E-state index < -0.39 is 0 Å². The Morgan fingerprint density at radius 1 is 1.04 bits per heavy atom. The number of thiocarbonyl (C=S) groups is 1. The smallest absolute Gasteiger partial charge is 0.253 e. The molecule has 1 amide bonds. The van der Waals surface area contributed by atoms with Gasteiger partial charge in [-0.1, -0.05) is 42.5 Å². The van der Waals surface area contributed by atoms with Crippen LogP contribution in [0.1, 0.15) is 15.9 Å². The highest BCUT2D eigenvalue weighted by atomic mass is 32.1. The SMILES string of the molecule is NC(=S)Nc1ccc(C(=O)N2CCN(CC=Cc3ccccc3)CC2)cc1. The maximum Gasteiger partial charge on any atom is 0.253 e. The molecule has 3 rings (SSSR count). The van der Waals surface area contributed by atoms with Crippen LogP contribution in [0.3, 0.4) is 0 Å². The number of carbonyl (C=O) groups excluding carboxylic acids is 1. The van der Waals surface area contributed by atoms with Crippen LogP contribution in [0.4, 0.5) is 5.69 Å². The molecule has 1 aliphatic rings. The van der Waals surface area contributed by atoms with Crippen LogP contribution in [0.15, 0.2) is 60.7 Å². The minimum Gasteiger partial charge on any atom is -0.376 e. The molecule has 0 radical (unpaired) electrons. The molecule has 1 fully saturated rings. The van der Waals surface area contributed by atoms with E-state index in [1.165, 1.54) is 5.56 Å². The molecular weight excluding hydrogens is 356 g/mol. The molecule has 2 aromatic carbocycles. The second-order valence-electron chi connectivity index (χ2n) is 6.47. The average Bonchev–Trinajstić information content (AvgIpc) is 2.69. The van der Waals surface area contributed by atoms with Crippen LogP contribution >= 0.6 is 12.2 Å². The summed E-state index contributed by atoms with van der Waals surface area (Å²) in [6.45, 7) is 4.14. The number of rotatable bonds is 5. The summed E-state index contributed by atoms with van der Waals surface area (Å²) in [7, 11) is 0. The monoisotopic (exact) mass is 380 g/mol. The van der Waals surface area contributed by atoms with Crippen molar-refractivity contribution < 1.29 is 4.79 Å². The minimum atomic E-state index is 0.0661. The Bertz CT molecular complexity index is 797. The van der Waals surface area contributed by atoms with E-state index in [-0.39, 0.29) is 11.0 Å². The first-order valence-electron chi connectivity index (χ1n) is 9.01. The van der Waals surface area contributed by atoms with Crippen LogP contribution in [0.2, 0.25) is 0 Å². The maximum atomic E-state index is 12.7. The molecule has 3 N–H and O–H groups in total. The Kier molecular flexibility index (Phi) is 6.57. The molecule has 1 saturated heterocycles. The van der Waals surface area contributed by atoms with E-state index in [1.807, 2.05) is 35.2 Å². The summed E-state index contributed by atoms with van der Waals surface area (Å²) in [6, 6.07) is 17.5. The number of hydrogen-bond donors (Lipinski definition) is 2. The van der Waals surface area contributed by atoms with Crippen molar-refractivity contribution in [2.75, 3.05) is 38.0 Å². The van der Waals surface area contributed by atoms with Crippen molar-refractivity contribution in [3.05, 3.63) is 71.8 Å². The molecule has 5 nitrogen and oxygen atoms in total. The van der Waals surface area contributed by atoms with Gasteiger partial charge in [0.05, 0.1) is 0 Å². The first-order valence-corrected chi connectivity index (χ1v) is 9.42. The Hall–Kier alpha value is -2.70. The van der Waals surface area contributed by atoms with Crippen molar-refractivity contribution in [2.45, 2.75) is 0 Å². The predicted molar refractivity (Wildman–Crippen MR) is 115 cm³/mol. The number of amides is 1. The van der Waals surface area contributed by atoms with E-state index in [0.29, 0.717) is 5.56 Å². The molecule has 140 valence electrons. The van der Waals surface area contributed by atoms with Gasteiger partial charge in [0, 0.05) is 44.0 Å². The normalized spacial score (nSPS) is 15.0. The van der Waals surface area contributed by atoms with Crippen molar-refractivity contribution in [1.29, 1.82) is 0 Å². The molecule has 1 aliphatic heterocycles. The fraction of sp³-hybridized carbons (Fsp3) is 0.238. The third kappa shape index (κ3) is 5.64. The van der Waals surface area contributed by atoms with Gasteiger partial charge >= 0.3 is 0 Å². The van der Waals surface area contributed by atoms with Gasteiger partial charge < -0.3 is 16.0 Å².